The molecule has 0 unspecified atom stereocenters. The molecule has 18 heavy (non-hydrogen) atoms. The Kier molecular flexibility index (Phi) is 4.11. The largest absolute Gasteiger partial charge is 0.294 e. The number of aryl methyl sites for hydroxylation is 1. The highest BCUT2D eigenvalue weighted by Crippen LogP contribution is 2.13. The Labute approximate surface area is 108 Å². The lowest BCUT2D eigenvalue weighted by molar-refractivity contribution is -0.0969. The molecule has 0 saturated carbocycles. The average molecular weight is 237 g/mol. The van der Waals surface area contributed by atoms with Gasteiger partial charge in [0.1, 0.15) is 0 Å². The topological polar surface area (TPSA) is 35.8 Å². The van der Waals surface area contributed by atoms with E-state index in [1.165, 1.54) is 11.1 Å². The van der Waals surface area contributed by atoms with Gasteiger partial charge in [-0.05, 0) is 18.1 Å². The summed E-state index contributed by atoms with van der Waals surface area (Å²) in [4.78, 5) is 0. The fourth-order valence-electron chi connectivity index (χ4n) is 1.83. The Morgan fingerprint density at radius 2 is 1.72 bits per heavy atom. The number of benzene rings is 2. The van der Waals surface area contributed by atoms with Crippen LogP contribution in [-0.2, 0) is 6.54 Å². The Morgan fingerprint density at radius 3 is 2.33 bits per heavy atom. The zero-order valence-electron chi connectivity index (χ0n) is 10.5. The molecule has 90 valence electrons. The lowest BCUT2D eigenvalue weighted by Gasteiger charge is -2.10. The van der Waals surface area contributed by atoms with E-state index in [9.17, 15) is 0 Å². The maximum absolute atomic E-state index is 7.40. The molecule has 0 amide bonds. The summed E-state index contributed by atoms with van der Waals surface area (Å²) in [5, 5.41) is 10.7. The average Bonchev–Trinajstić information content (AvgIpc) is 2.42. The van der Waals surface area contributed by atoms with E-state index in [0.717, 1.165) is 12.1 Å². The summed E-state index contributed by atoms with van der Waals surface area (Å²) in [6, 6.07) is 20.8. The lowest BCUT2D eigenvalue weighted by Crippen LogP contribution is -2.28. The third-order valence-electron chi connectivity index (χ3n) is 2.91. The standard InChI is InChI=1S/C16H16N2/c1-13-7-9-15(10-8-13)16(11-17)18-12-14-5-3-2-4-6-14/h2-10,16,18H,12H2,1H3/p+1/t16-/m1/s1. The van der Waals surface area contributed by atoms with Crippen LogP contribution in [0.4, 0.5) is 0 Å². The maximum atomic E-state index is 7.40. The van der Waals surface area contributed by atoms with Crippen LogP contribution in [0.3, 0.4) is 0 Å². The summed E-state index contributed by atoms with van der Waals surface area (Å²) in [6.07, 6.45) is 0. The highest BCUT2D eigenvalue weighted by molar-refractivity contribution is 5.27. The summed E-state index contributed by atoms with van der Waals surface area (Å²) < 4.78 is 0. The molecule has 0 aliphatic heterocycles. The van der Waals surface area contributed by atoms with Gasteiger partial charge in [0.05, 0.1) is 0 Å². The fraction of sp³-hybridized carbons (Fsp3) is 0.188. The summed E-state index contributed by atoms with van der Waals surface area (Å²) in [7, 11) is 0. The molecule has 0 aliphatic rings. The minimum atomic E-state index is -0.147. The second-order valence-corrected chi connectivity index (χ2v) is 4.35. The van der Waals surface area contributed by atoms with Crippen LogP contribution in [0.5, 0.6) is 0 Å². The molecule has 0 spiro atoms. The molecule has 2 aromatic carbocycles. The minimum absolute atomic E-state index is 0.147. The minimum Gasteiger partial charge on any atom is -0.290 e. The number of nitrogens with one attached hydrogen (secondary N) is 2. The molecule has 0 aromatic heterocycles. The molecule has 2 rings (SSSR count). The van der Waals surface area contributed by atoms with Crippen molar-refractivity contribution in [3.63, 3.8) is 0 Å². The van der Waals surface area contributed by atoms with Gasteiger partial charge in [-0.2, -0.15) is 0 Å². The van der Waals surface area contributed by atoms with Crippen molar-refractivity contribution in [2.45, 2.75) is 19.5 Å². The van der Waals surface area contributed by atoms with Gasteiger partial charge in [-0.1, -0.05) is 65.4 Å². The van der Waals surface area contributed by atoms with E-state index >= 15 is 0 Å². The van der Waals surface area contributed by atoms with E-state index in [1.54, 1.807) is 0 Å². The molecule has 0 fully saturated rings. The Morgan fingerprint density at radius 1 is 1.06 bits per heavy atom. The monoisotopic (exact) mass is 237 g/mol. The van der Waals surface area contributed by atoms with Crippen molar-refractivity contribution in [2.24, 2.45) is 0 Å². The quantitative estimate of drug-likeness (QED) is 0.832. The predicted molar refractivity (Wildman–Crippen MR) is 72.1 cm³/mol. The van der Waals surface area contributed by atoms with Crippen LogP contribution in [0, 0.1) is 13.0 Å². The fourth-order valence-corrected chi connectivity index (χ4v) is 1.83. The smallest absolute Gasteiger partial charge is 0.290 e. The zero-order chi connectivity index (χ0) is 12.8. The molecular weight excluding hydrogens is 220 g/mol. The van der Waals surface area contributed by atoms with Gasteiger partial charge in [-0.15, -0.1) is 0 Å². The molecule has 0 radical (unpaired) electrons. The van der Waals surface area contributed by atoms with E-state index in [4.69, 9.17) is 5.26 Å². The van der Waals surface area contributed by atoms with Gasteiger partial charge in [0, 0.05) is 6.54 Å². The van der Waals surface area contributed by atoms with Gasteiger partial charge >= 0.3 is 0 Å². The first-order valence-corrected chi connectivity index (χ1v) is 6.06. The van der Waals surface area contributed by atoms with Crippen LogP contribution in [0.25, 0.3) is 0 Å². The van der Waals surface area contributed by atoms with E-state index in [2.05, 4.69) is 42.6 Å². The van der Waals surface area contributed by atoms with E-state index in [-0.39, 0.29) is 6.04 Å². The molecular formula is C16H17N2+. The highest BCUT2D eigenvalue weighted by atomic mass is 14.9. The van der Waals surface area contributed by atoms with Crippen molar-refractivity contribution in [2.75, 3.05) is 0 Å². The van der Waals surface area contributed by atoms with Crippen molar-refractivity contribution in [3.8, 4) is 6.07 Å². The van der Waals surface area contributed by atoms with Gasteiger partial charge in [0.25, 0.3) is 6.07 Å². The van der Waals surface area contributed by atoms with Crippen LogP contribution in [0.2, 0.25) is 0 Å². The van der Waals surface area contributed by atoms with Crippen molar-refractivity contribution >= 4 is 0 Å². The van der Waals surface area contributed by atoms with Crippen LogP contribution >= 0.6 is 0 Å². The molecule has 0 heterocycles. The summed E-state index contributed by atoms with van der Waals surface area (Å²) in [5.74, 6) is 0. The van der Waals surface area contributed by atoms with Crippen molar-refractivity contribution in [1.29, 1.82) is 0 Å². The molecule has 1 atom stereocenters. The summed E-state index contributed by atoms with van der Waals surface area (Å²) in [5.41, 5.74) is 3.52. The molecule has 0 saturated heterocycles. The van der Waals surface area contributed by atoms with Crippen molar-refractivity contribution in [1.82, 2.24) is 5.32 Å². The van der Waals surface area contributed by atoms with Gasteiger partial charge in [0.15, 0.2) is 6.04 Å². The van der Waals surface area contributed by atoms with Crippen LogP contribution < -0.4 is 10.6 Å². The molecule has 2 aromatic rings. The van der Waals surface area contributed by atoms with Crippen LogP contribution in [0.1, 0.15) is 22.7 Å². The first-order valence-electron chi connectivity index (χ1n) is 6.06. The third kappa shape index (κ3) is 3.19. The molecule has 2 heteroatoms. The van der Waals surface area contributed by atoms with Crippen LogP contribution in [-0.4, -0.2) is 0 Å². The van der Waals surface area contributed by atoms with Crippen LogP contribution in [0.15, 0.2) is 54.6 Å². The first-order chi connectivity index (χ1) is 8.79. The predicted octanol–water partition coefficient (Wildman–Crippen LogP) is 1.60. The Bertz CT molecular complexity index is 523. The number of rotatable bonds is 4. The Hall–Kier alpha value is -2.11. The first kappa shape index (κ1) is 12.3. The van der Waals surface area contributed by atoms with Crippen molar-refractivity contribution < 1.29 is 5.26 Å². The highest BCUT2D eigenvalue weighted by Gasteiger charge is 2.12. The van der Waals surface area contributed by atoms with Gasteiger partial charge in [-0.25, -0.2) is 0 Å². The maximum Gasteiger partial charge on any atom is 0.294 e. The van der Waals surface area contributed by atoms with E-state index in [0.29, 0.717) is 0 Å². The molecule has 0 aliphatic carbocycles. The normalized spacial score (nSPS) is 11.8. The second kappa shape index (κ2) is 6.00. The molecule has 0 bridgehead atoms. The Balaban J connectivity index is 2.02. The zero-order valence-corrected chi connectivity index (χ0v) is 10.5. The molecule has 2 N–H and O–H groups in total. The molecule has 2 nitrogen and oxygen atoms in total. The van der Waals surface area contributed by atoms with Gasteiger partial charge in [0.2, 0.25) is 0 Å². The number of hydrogen-bond donors (Lipinski definition) is 2. The van der Waals surface area contributed by atoms with E-state index < -0.39 is 0 Å². The van der Waals surface area contributed by atoms with Crippen molar-refractivity contribution in [3.05, 3.63) is 71.3 Å². The van der Waals surface area contributed by atoms with Gasteiger partial charge < -0.3 is 0 Å². The second-order valence-electron chi connectivity index (χ2n) is 4.35. The third-order valence-corrected chi connectivity index (χ3v) is 2.91. The lowest BCUT2D eigenvalue weighted by atomic mass is 10.1. The van der Waals surface area contributed by atoms with E-state index in [1.807, 2.05) is 30.3 Å². The SMILES string of the molecule is Cc1ccc([C@@H](C#[NH+])NCc2ccccc2)cc1. The summed E-state index contributed by atoms with van der Waals surface area (Å²) in [6.45, 7) is 2.80. The summed E-state index contributed by atoms with van der Waals surface area (Å²) >= 11 is 0. The number of hydrogen-bond acceptors (Lipinski definition) is 1. The van der Waals surface area contributed by atoms with Gasteiger partial charge in [-0.3, -0.25) is 5.32 Å².